The molecule has 1 saturated heterocycles. The number of phenols is 1. The van der Waals surface area contributed by atoms with Crippen LogP contribution in [0.15, 0.2) is 52.6 Å². The van der Waals surface area contributed by atoms with E-state index < -0.39 is 24.4 Å². The van der Waals surface area contributed by atoms with Crippen LogP contribution in [0.25, 0.3) is 6.08 Å². The van der Waals surface area contributed by atoms with Gasteiger partial charge in [0.25, 0.3) is 5.91 Å². The summed E-state index contributed by atoms with van der Waals surface area (Å²) in [5.41, 5.74) is 1.97. The average molecular weight is 430 g/mol. The van der Waals surface area contributed by atoms with Crippen LogP contribution in [-0.4, -0.2) is 34.4 Å². The minimum atomic E-state index is -0.695. The molecule has 2 aromatic carbocycles. The summed E-state index contributed by atoms with van der Waals surface area (Å²) in [6.07, 6.45) is 1.36. The van der Waals surface area contributed by atoms with Crippen molar-refractivity contribution in [3.63, 3.8) is 0 Å². The SMILES string of the molecule is Cc1ccc(NC(=O)CN2C(=O)N/C(=C\c3cc(Br)ccc3O)C2=O)cc1. The molecule has 3 rings (SSSR count). The van der Waals surface area contributed by atoms with Crippen molar-refractivity contribution in [3.05, 3.63) is 63.8 Å². The Morgan fingerprint density at radius 1 is 1.22 bits per heavy atom. The lowest BCUT2D eigenvalue weighted by Crippen LogP contribution is -2.38. The molecule has 4 amide bonds. The van der Waals surface area contributed by atoms with Crippen molar-refractivity contribution in [2.24, 2.45) is 0 Å². The van der Waals surface area contributed by atoms with Gasteiger partial charge in [-0.2, -0.15) is 0 Å². The Bertz CT molecular complexity index is 954. The van der Waals surface area contributed by atoms with Crippen LogP contribution >= 0.6 is 15.9 Å². The van der Waals surface area contributed by atoms with Gasteiger partial charge in [0, 0.05) is 15.7 Å². The first-order valence-electron chi connectivity index (χ1n) is 8.03. The van der Waals surface area contributed by atoms with Crippen molar-refractivity contribution in [1.82, 2.24) is 10.2 Å². The number of carbonyl (C=O) groups is 3. The number of carbonyl (C=O) groups excluding carboxylic acids is 3. The first-order chi connectivity index (χ1) is 12.8. The van der Waals surface area contributed by atoms with Gasteiger partial charge in [-0.1, -0.05) is 33.6 Å². The number of hydrogen-bond acceptors (Lipinski definition) is 4. The Hall–Kier alpha value is -3.13. The zero-order valence-electron chi connectivity index (χ0n) is 14.3. The van der Waals surface area contributed by atoms with Crippen LogP contribution in [-0.2, 0) is 9.59 Å². The number of halogens is 1. The fourth-order valence-corrected chi connectivity index (χ4v) is 2.87. The summed E-state index contributed by atoms with van der Waals surface area (Å²) < 4.78 is 0.707. The molecule has 8 heteroatoms. The number of hydrogen-bond donors (Lipinski definition) is 3. The van der Waals surface area contributed by atoms with Crippen molar-refractivity contribution in [2.75, 3.05) is 11.9 Å². The number of rotatable bonds is 4. The first kappa shape index (κ1) is 18.7. The van der Waals surface area contributed by atoms with E-state index >= 15 is 0 Å². The highest BCUT2D eigenvalue weighted by Crippen LogP contribution is 2.25. The van der Waals surface area contributed by atoms with Crippen molar-refractivity contribution in [2.45, 2.75) is 6.92 Å². The molecule has 0 saturated carbocycles. The molecule has 0 spiro atoms. The smallest absolute Gasteiger partial charge is 0.329 e. The normalized spacial score (nSPS) is 15.2. The molecule has 7 nitrogen and oxygen atoms in total. The topological polar surface area (TPSA) is 98.7 Å². The third kappa shape index (κ3) is 4.35. The molecular weight excluding hydrogens is 414 g/mol. The molecule has 27 heavy (non-hydrogen) atoms. The molecule has 0 bridgehead atoms. The number of aromatic hydroxyl groups is 1. The number of nitrogens with one attached hydrogen (secondary N) is 2. The largest absolute Gasteiger partial charge is 0.507 e. The predicted molar refractivity (Wildman–Crippen MR) is 104 cm³/mol. The van der Waals surface area contributed by atoms with Crippen LogP contribution in [0.2, 0.25) is 0 Å². The third-order valence-corrected chi connectivity index (χ3v) is 4.38. The van der Waals surface area contributed by atoms with Gasteiger partial charge in [-0.25, -0.2) is 9.69 Å². The highest BCUT2D eigenvalue weighted by atomic mass is 79.9. The number of benzene rings is 2. The minimum absolute atomic E-state index is 0.0171. The Morgan fingerprint density at radius 3 is 2.63 bits per heavy atom. The predicted octanol–water partition coefficient (Wildman–Crippen LogP) is 2.99. The van der Waals surface area contributed by atoms with E-state index in [4.69, 9.17) is 0 Å². The Balaban J connectivity index is 1.72. The molecular formula is C19H16BrN3O4. The summed E-state index contributed by atoms with van der Waals surface area (Å²) in [7, 11) is 0. The zero-order chi connectivity index (χ0) is 19.6. The van der Waals surface area contributed by atoms with Gasteiger partial charge in [-0.15, -0.1) is 0 Å². The highest BCUT2D eigenvalue weighted by molar-refractivity contribution is 9.10. The molecule has 1 aliphatic heterocycles. The molecule has 2 aromatic rings. The number of imide groups is 1. The van der Waals surface area contributed by atoms with Gasteiger partial charge in [-0.05, 0) is 43.3 Å². The molecule has 1 fully saturated rings. The van der Waals surface area contributed by atoms with Crippen LogP contribution < -0.4 is 10.6 Å². The number of nitrogens with zero attached hydrogens (tertiary/aromatic N) is 1. The molecule has 1 heterocycles. The van der Waals surface area contributed by atoms with Gasteiger partial charge in [0.15, 0.2) is 0 Å². The summed E-state index contributed by atoms with van der Waals surface area (Å²) in [4.78, 5) is 37.5. The van der Waals surface area contributed by atoms with E-state index in [1.165, 1.54) is 12.1 Å². The number of amides is 4. The van der Waals surface area contributed by atoms with Crippen LogP contribution in [0.4, 0.5) is 10.5 Å². The van der Waals surface area contributed by atoms with E-state index in [2.05, 4.69) is 26.6 Å². The highest BCUT2D eigenvalue weighted by Gasteiger charge is 2.35. The summed E-state index contributed by atoms with van der Waals surface area (Å²) in [6.45, 7) is 1.51. The van der Waals surface area contributed by atoms with E-state index in [1.807, 2.05) is 19.1 Å². The molecule has 0 aromatic heterocycles. The molecule has 138 valence electrons. The number of anilines is 1. The van der Waals surface area contributed by atoms with Crippen molar-refractivity contribution < 1.29 is 19.5 Å². The molecule has 0 unspecified atom stereocenters. The average Bonchev–Trinajstić information content (AvgIpc) is 2.87. The van der Waals surface area contributed by atoms with E-state index in [9.17, 15) is 19.5 Å². The maximum absolute atomic E-state index is 12.5. The van der Waals surface area contributed by atoms with E-state index in [-0.39, 0.29) is 11.4 Å². The first-order valence-corrected chi connectivity index (χ1v) is 8.82. The van der Waals surface area contributed by atoms with Gasteiger partial charge in [0.2, 0.25) is 5.91 Å². The lowest BCUT2D eigenvalue weighted by atomic mass is 10.1. The second-order valence-electron chi connectivity index (χ2n) is 6.00. The van der Waals surface area contributed by atoms with Crippen LogP contribution in [0.5, 0.6) is 5.75 Å². The van der Waals surface area contributed by atoms with Gasteiger partial charge in [0.1, 0.15) is 18.0 Å². The van der Waals surface area contributed by atoms with Crippen LogP contribution in [0.1, 0.15) is 11.1 Å². The second-order valence-corrected chi connectivity index (χ2v) is 6.91. The maximum Gasteiger partial charge on any atom is 0.329 e. The Kier molecular flexibility index (Phi) is 5.27. The molecule has 0 radical (unpaired) electrons. The fourth-order valence-electron chi connectivity index (χ4n) is 2.49. The third-order valence-electron chi connectivity index (χ3n) is 3.89. The van der Waals surface area contributed by atoms with Gasteiger partial charge >= 0.3 is 6.03 Å². The zero-order valence-corrected chi connectivity index (χ0v) is 15.9. The van der Waals surface area contributed by atoms with Gasteiger partial charge in [-0.3, -0.25) is 9.59 Å². The Labute approximate surface area is 163 Å². The van der Waals surface area contributed by atoms with E-state index in [0.717, 1.165) is 10.5 Å². The summed E-state index contributed by atoms with van der Waals surface area (Å²) in [5.74, 6) is -1.17. The standard InChI is InChI=1S/C19H16BrN3O4/c1-11-2-5-14(6-3-11)21-17(25)10-23-18(26)15(22-19(23)27)9-12-8-13(20)4-7-16(12)24/h2-9,24H,10H2,1H3,(H,21,25)(H,22,27)/b15-9-. The summed E-state index contributed by atoms with van der Waals surface area (Å²) >= 11 is 3.28. The quantitative estimate of drug-likeness (QED) is 0.513. The van der Waals surface area contributed by atoms with Crippen molar-refractivity contribution in [3.8, 4) is 5.75 Å². The fraction of sp³-hybridized carbons (Fsp3) is 0.105. The summed E-state index contributed by atoms with van der Waals surface area (Å²) in [6, 6.07) is 11.2. The van der Waals surface area contributed by atoms with Crippen molar-refractivity contribution in [1.29, 1.82) is 0 Å². The lowest BCUT2D eigenvalue weighted by Gasteiger charge is -2.12. The van der Waals surface area contributed by atoms with Crippen LogP contribution in [0, 0.1) is 6.92 Å². The number of aryl methyl sites for hydroxylation is 1. The summed E-state index contributed by atoms with van der Waals surface area (Å²) in [5, 5.41) is 14.9. The van der Waals surface area contributed by atoms with E-state index in [1.54, 1.807) is 24.3 Å². The minimum Gasteiger partial charge on any atom is -0.507 e. The van der Waals surface area contributed by atoms with Crippen LogP contribution in [0.3, 0.4) is 0 Å². The lowest BCUT2D eigenvalue weighted by molar-refractivity contribution is -0.127. The monoisotopic (exact) mass is 429 g/mol. The molecule has 0 aliphatic carbocycles. The Morgan fingerprint density at radius 2 is 1.93 bits per heavy atom. The van der Waals surface area contributed by atoms with Gasteiger partial charge in [0.05, 0.1) is 0 Å². The number of urea groups is 1. The second kappa shape index (κ2) is 7.63. The van der Waals surface area contributed by atoms with E-state index in [0.29, 0.717) is 15.7 Å². The maximum atomic E-state index is 12.5. The van der Waals surface area contributed by atoms with Gasteiger partial charge < -0.3 is 15.7 Å². The van der Waals surface area contributed by atoms with Crippen molar-refractivity contribution >= 4 is 45.5 Å². The molecule has 1 aliphatic rings. The molecule has 3 N–H and O–H groups in total. The molecule has 0 atom stereocenters. The number of phenolic OH excluding ortho intramolecular Hbond substituents is 1.